The lowest BCUT2D eigenvalue weighted by atomic mass is 10.1. The average Bonchev–Trinajstić information content (AvgIpc) is 2.88. The van der Waals surface area contributed by atoms with Crippen molar-refractivity contribution in [3.8, 4) is 0 Å². The van der Waals surface area contributed by atoms with Crippen LogP contribution in [0, 0.1) is 0 Å². The molecule has 2 fully saturated rings. The molecule has 0 aromatic heterocycles. The van der Waals surface area contributed by atoms with Crippen molar-refractivity contribution >= 4 is 5.91 Å². The summed E-state index contributed by atoms with van der Waals surface area (Å²) in [6, 6.07) is 0.400. The number of nitrogens with one attached hydrogen (secondary N) is 3. The van der Waals surface area contributed by atoms with Gasteiger partial charge in [0.05, 0.1) is 6.04 Å². The van der Waals surface area contributed by atoms with Crippen molar-refractivity contribution in [2.45, 2.75) is 38.3 Å². The molecule has 5 heteroatoms. The van der Waals surface area contributed by atoms with Gasteiger partial charge in [-0.05, 0) is 45.8 Å². The molecule has 2 aliphatic rings. The van der Waals surface area contributed by atoms with E-state index in [9.17, 15) is 4.79 Å². The zero-order valence-electron chi connectivity index (χ0n) is 11.4. The maximum absolute atomic E-state index is 11.9. The van der Waals surface area contributed by atoms with Gasteiger partial charge in [-0.3, -0.25) is 4.79 Å². The topological polar surface area (TPSA) is 56.4 Å². The number of rotatable bonds is 5. The van der Waals surface area contributed by atoms with Gasteiger partial charge in [0.1, 0.15) is 0 Å². The Morgan fingerprint density at radius 1 is 1.28 bits per heavy atom. The van der Waals surface area contributed by atoms with Gasteiger partial charge in [-0.25, -0.2) is 0 Å². The van der Waals surface area contributed by atoms with Crippen LogP contribution in [0.3, 0.4) is 0 Å². The van der Waals surface area contributed by atoms with E-state index in [1.54, 1.807) is 0 Å². The molecule has 0 saturated carbocycles. The third-order valence-electron chi connectivity index (χ3n) is 3.81. The molecule has 2 atom stereocenters. The van der Waals surface area contributed by atoms with E-state index < -0.39 is 0 Å². The van der Waals surface area contributed by atoms with Crippen LogP contribution in [0.2, 0.25) is 0 Å². The van der Waals surface area contributed by atoms with E-state index in [1.807, 2.05) is 0 Å². The summed E-state index contributed by atoms with van der Waals surface area (Å²) >= 11 is 0. The molecular formula is C13H26N4O. The number of likely N-dealkylation sites (tertiary alicyclic amines) is 1. The molecule has 0 aliphatic carbocycles. The molecule has 104 valence electrons. The summed E-state index contributed by atoms with van der Waals surface area (Å²) in [5.41, 5.74) is 0. The first-order valence-corrected chi connectivity index (χ1v) is 7.22. The molecule has 0 bridgehead atoms. The maximum Gasteiger partial charge on any atom is 0.238 e. The molecule has 0 aromatic rings. The van der Waals surface area contributed by atoms with Crippen LogP contribution in [0.1, 0.15) is 26.2 Å². The van der Waals surface area contributed by atoms with Gasteiger partial charge in [0.2, 0.25) is 5.91 Å². The van der Waals surface area contributed by atoms with E-state index in [-0.39, 0.29) is 11.9 Å². The molecule has 2 aliphatic heterocycles. The molecule has 18 heavy (non-hydrogen) atoms. The quantitative estimate of drug-likeness (QED) is 0.581. The summed E-state index contributed by atoms with van der Waals surface area (Å²) < 4.78 is 0. The molecule has 2 rings (SSSR count). The molecule has 2 unspecified atom stereocenters. The Morgan fingerprint density at radius 3 is 2.72 bits per heavy atom. The Balaban J connectivity index is 1.54. The second-order valence-corrected chi connectivity index (χ2v) is 5.46. The SMILES string of the molecule is CC1CNC(C(=O)NCCCN2CCCC2)CN1. The van der Waals surface area contributed by atoms with Crippen molar-refractivity contribution in [1.82, 2.24) is 20.9 Å². The number of piperazine rings is 1. The predicted molar refractivity (Wildman–Crippen MR) is 72.6 cm³/mol. The summed E-state index contributed by atoms with van der Waals surface area (Å²) in [5.74, 6) is 0.135. The predicted octanol–water partition coefficient (Wildman–Crippen LogP) is -0.462. The Morgan fingerprint density at radius 2 is 2.06 bits per heavy atom. The second-order valence-electron chi connectivity index (χ2n) is 5.46. The summed E-state index contributed by atoms with van der Waals surface area (Å²) in [6.07, 6.45) is 3.73. The molecule has 2 heterocycles. The number of carbonyl (C=O) groups excluding carboxylic acids is 1. The summed E-state index contributed by atoms with van der Waals surface area (Å²) in [6.45, 7) is 8.11. The van der Waals surface area contributed by atoms with Crippen molar-refractivity contribution in [3.63, 3.8) is 0 Å². The zero-order chi connectivity index (χ0) is 12.8. The Hall–Kier alpha value is -0.650. The van der Waals surface area contributed by atoms with Crippen molar-refractivity contribution in [2.75, 3.05) is 39.3 Å². The Bertz CT molecular complexity index is 258. The van der Waals surface area contributed by atoms with Crippen molar-refractivity contribution in [3.05, 3.63) is 0 Å². The second kappa shape index (κ2) is 7.07. The number of hydrogen-bond acceptors (Lipinski definition) is 4. The maximum atomic E-state index is 11.9. The summed E-state index contributed by atoms with van der Waals surface area (Å²) in [7, 11) is 0. The summed E-state index contributed by atoms with van der Waals surface area (Å²) in [4.78, 5) is 14.4. The molecule has 5 nitrogen and oxygen atoms in total. The van der Waals surface area contributed by atoms with E-state index in [0.717, 1.165) is 32.6 Å². The van der Waals surface area contributed by atoms with Gasteiger partial charge in [0.25, 0.3) is 0 Å². The minimum absolute atomic E-state index is 0.0620. The van der Waals surface area contributed by atoms with Gasteiger partial charge in [-0.15, -0.1) is 0 Å². The monoisotopic (exact) mass is 254 g/mol. The van der Waals surface area contributed by atoms with Crippen LogP contribution in [0.15, 0.2) is 0 Å². The fraction of sp³-hybridized carbons (Fsp3) is 0.923. The summed E-state index contributed by atoms with van der Waals surface area (Å²) in [5, 5.41) is 9.61. The van der Waals surface area contributed by atoms with Crippen LogP contribution in [-0.4, -0.2) is 62.2 Å². The average molecular weight is 254 g/mol. The number of hydrogen-bond donors (Lipinski definition) is 3. The molecule has 0 radical (unpaired) electrons. The van der Waals surface area contributed by atoms with E-state index in [1.165, 1.54) is 25.9 Å². The lowest BCUT2D eigenvalue weighted by molar-refractivity contribution is -0.123. The smallest absolute Gasteiger partial charge is 0.238 e. The van der Waals surface area contributed by atoms with Gasteiger partial charge in [-0.1, -0.05) is 0 Å². The fourth-order valence-electron chi connectivity index (χ4n) is 2.61. The molecule has 0 spiro atoms. The molecule has 2 saturated heterocycles. The minimum Gasteiger partial charge on any atom is -0.355 e. The highest BCUT2D eigenvalue weighted by molar-refractivity contribution is 5.82. The highest BCUT2D eigenvalue weighted by Gasteiger charge is 2.22. The highest BCUT2D eigenvalue weighted by atomic mass is 16.2. The van der Waals surface area contributed by atoms with Crippen LogP contribution in [0.25, 0.3) is 0 Å². The molecule has 0 aromatic carbocycles. The van der Waals surface area contributed by atoms with Crippen LogP contribution in [0.4, 0.5) is 0 Å². The standard InChI is InChI=1S/C13H26N4O/c1-11-9-16-12(10-15-11)13(18)14-5-4-8-17-6-2-3-7-17/h11-12,15-16H,2-10H2,1H3,(H,14,18). The fourth-order valence-corrected chi connectivity index (χ4v) is 2.61. The van der Waals surface area contributed by atoms with Gasteiger partial charge < -0.3 is 20.9 Å². The van der Waals surface area contributed by atoms with E-state index in [2.05, 4.69) is 27.8 Å². The normalized spacial score (nSPS) is 29.4. The van der Waals surface area contributed by atoms with E-state index in [0.29, 0.717) is 6.04 Å². The van der Waals surface area contributed by atoms with Crippen molar-refractivity contribution in [1.29, 1.82) is 0 Å². The lowest BCUT2D eigenvalue weighted by Crippen LogP contribution is -2.59. The third-order valence-corrected chi connectivity index (χ3v) is 3.81. The molecule has 1 amide bonds. The first-order valence-electron chi connectivity index (χ1n) is 7.22. The highest BCUT2D eigenvalue weighted by Crippen LogP contribution is 2.06. The lowest BCUT2D eigenvalue weighted by Gasteiger charge is -2.28. The minimum atomic E-state index is -0.0620. The van der Waals surface area contributed by atoms with Crippen LogP contribution in [0.5, 0.6) is 0 Å². The van der Waals surface area contributed by atoms with Crippen molar-refractivity contribution in [2.24, 2.45) is 0 Å². The number of amides is 1. The van der Waals surface area contributed by atoms with E-state index >= 15 is 0 Å². The Kier molecular flexibility index (Phi) is 5.41. The van der Waals surface area contributed by atoms with E-state index in [4.69, 9.17) is 0 Å². The largest absolute Gasteiger partial charge is 0.355 e. The number of carbonyl (C=O) groups is 1. The van der Waals surface area contributed by atoms with Crippen LogP contribution in [-0.2, 0) is 4.79 Å². The zero-order valence-corrected chi connectivity index (χ0v) is 11.4. The molecular weight excluding hydrogens is 228 g/mol. The third kappa shape index (κ3) is 4.23. The number of nitrogens with zero attached hydrogens (tertiary/aromatic N) is 1. The van der Waals surface area contributed by atoms with Crippen LogP contribution >= 0.6 is 0 Å². The van der Waals surface area contributed by atoms with Gasteiger partial charge in [-0.2, -0.15) is 0 Å². The first-order chi connectivity index (χ1) is 8.75. The molecule has 3 N–H and O–H groups in total. The van der Waals surface area contributed by atoms with Gasteiger partial charge in [0.15, 0.2) is 0 Å². The van der Waals surface area contributed by atoms with Crippen molar-refractivity contribution < 1.29 is 4.79 Å². The van der Waals surface area contributed by atoms with Gasteiger partial charge >= 0.3 is 0 Å². The van der Waals surface area contributed by atoms with Gasteiger partial charge in [0, 0.05) is 25.7 Å². The Labute approximate surface area is 110 Å². The van der Waals surface area contributed by atoms with Crippen LogP contribution < -0.4 is 16.0 Å². The first kappa shape index (κ1) is 13.8.